The van der Waals surface area contributed by atoms with E-state index < -0.39 is 0 Å². The zero-order valence-corrected chi connectivity index (χ0v) is 10.3. The fourth-order valence-electron chi connectivity index (χ4n) is 1.42. The molecule has 0 atom stereocenters. The Morgan fingerprint density at radius 2 is 1.94 bits per heavy atom. The number of ether oxygens (including phenoxy) is 2. The molecule has 5 nitrogen and oxygen atoms in total. The molecular formula is C11H22N2O3. The number of urea groups is 1. The molecule has 0 saturated carbocycles. The molecule has 0 spiro atoms. The van der Waals surface area contributed by atoms with E-state index in [4.69, 9.17) is 9.47 Å². The van der Waals surface area contributed by atoms with E-state index in [0.29, 0.717) is 32.7 Å². The third kappa shape index (κ3) is 4.81. The van der Waals surface area contributed by atoms with Crippen LogP contribution in [0.15, 0.2) is 0 Å². The number of carbonyl (C=O) groups excluding carboxylic acids is 1. The summed E-state index contributed by atoms with van der Waals surface area (Å²) in [6.07, 6.45) is 0.502. The van der Waals surface area contributed by atoms with Crippen LogP contribution in [0.1, 0.15) is 27.2 Å². The van der Waals surface area contributed by atoms with E-state index in [1.807, 2.05) is 6.92 Å². The highest BCUT2D eigenvalue weighted by Crippen LogP contribution is 2.23. The predicted octanol–water partition coefficient (Wildman–Crippen LogP) is 1.09. The molecule has 0 bridgehead atoms. The first-order valence-corrected chi connectivity index (χ1v) is 5.78. The van der Waals surface area contributed by atoms with E-state index in [2.05, 4.69) is 24.5 Å². The Morgan fingerprint density at radius 3 is 2.50 bits per heavy atom. The van der Waals surface area contributed by atoms with E-state index in [0.717, 1.165) is 0 Å². The first kappa shape index (κ1) is 13.3. The lowest BCUT2D eigenvalue weighted by atomic mass is 9.95. The first-order valence-electron chi connectivity index (χ1n) is 5.78. The molecule has 0 aromatic heterocycles. The monoisotopic (exact) mass is 230 g/mol. The van der Waals surface area contributed by atoms with Crippen molar-refractivity contribution >= 4 is 6.03 Å². The standard InChI is InChI=1S/C11H22N2O3/c1-4-12-10(14)13-6-5-9-15-7-11(2,3)8-16-9/h9H,4-8H2,1-3H3,(H2,12,13,14). The van der Waals surface area contributed by atoms with Gasteiger partial charge in [-0.1, -0.05) is 13.8 Å². The molecule has 1 aliphatic rings. The number of amides is 2. The maximum Gasteiger partial charge on any atom is 0.314 e. The number of nitrogens with one attached hydrogen (secondary N) is 2. The SMILES string of the molecule is CCNC(=O)NCCC1OCC(C)(C)CO1. The van der Waals surface area contributed by atoms with Crippen molar-refractivity contribution in [3.8, 4) is 0 Å². The van der Waals surface area contributed by atoms with Crippen LogP contribution >= 0.6 is 0 Å². The Morgan fingerprint density at radius 1 is 1.31 bits per heavy atom. The fourth-order valence-corrected chi connectivity index (χ4v) is 1.42. The highest BCUT2D eigenvalue weighted by molar-refractivity contribution is 5.73. The van der Waals surface area contributed by atoms with Crippen LogP contribution in [0.3, 0.4) is 0 Å². The van der Waals surface area contributed by atoms with E-state index in [-0.39, 0.29) is 17.7 Å². The lowest BCUT2D eigenvalue weighted by Gasteiger charge is -2.34. The van der Waals surface area contributed by atoms with Crippen molar-refractivity contribution in [1.82, 2.24) is 10.6 Å². The van der Waals surface area contributed by atoms with Crippen molar-refractivity contribution in [2.45, 2.75) is 33.5 Å². The average Bonchev–Trinajstić information content (AvgIpc) is 2.21. The molecule has 0 aliphatic carbocycles. The highest BCUT2D eigenvalue weighted by atomic mass is 16.7. The minimum atomic E-state index is -0.185. The molecule has 0 aromatic rings. The molecule has 0 aromatic carbocycles. The second kappa shape index (κ2) is 6.06. The summed E-state index contributed by atoms with van der Waals surface area (Å²) >= 11 is 0. The molecule has 1 rings (SSSR count). The van der Waals surface area contributed by atoms with Crippen LogP contribution in [0, 0.1) is 5.41 Å². The minimum absolute atomic E-state index is 0.101. The Bertz CT molecular complexity index is 221. The van der Waals surface area contributed by atoms with Gasteiger partial charge in [-0.3, -0.25) is 0 Å². The van der Waals surface area contributed by atoms with Crippen molar-refractivity contribution in [3.63, 3.8) is 0 Å². The number of carbonyl (C=O) groups is 1. The fraction of sp³-hybridized carbons (Fsp3) is 0.909. The van der Waals surface area contributed by atoms with Crippen LogP contribution in [0.25, 0.3) is 0 Å². The van der Waals surface area contributed by atoms with Crippen LogP contribution in [0.2, 0.25) is 0 Å². The van der Waals surface area contributed by atoms with Gasteiger partial charge in [0, 0.05) is 24.9 Å². The van der Waals surface area contributed by atoms with Crippen LogP contribution in [-0.2, 0) is 9.47 Å². The quantitative estimate of drug-likeness (QED) is 0.760. The van der Waals surface area contributed by atoms with Gasteiger partial charge in [-0.25, -0.2) is 4.79 Å². The van der Waals surface area contributed by atoms with Gasteiger partial charge in [0.2, 0.25) is 0 Å². The van der Waals surface area contributed by atoms with Crippen LogP contribution < -0.4 is 10.6 Å². The normalized spacial score (nSPS) is 20.4. The third-order valence-electron chi connectivity index (χ3n) is 2.32. The third-order valence-corrected chi connectivity index (χ3v) is 2.32. The molecule has 5 heteroatoms. The van der Waals surface area contributed by atoms with Crippen LogP contribution in [0.4, 0.5) is 4.79 Å². The van der Waals surface area contributed by atoms with Crippen LogP contribution in [-0.4, -0.2) is 38.6 Å². The zero-order chi connectivity index (χ0) is 12.0. The van der Waals surface area contributed by atoms with Crippen molar-refractivity contribution in [1.29, 1.82) is 0 Å². The van der Waals surface area contributed by atoms with E-state index in [1.54, 1.807) is 0 Å². The maximum absolute atomic E-state index is 11.1. The molecule has 0 unspecified atom stereocenters. The maximum atomic E-state index is 11.1. The predicted molar refractivity (Wildman–Crippen MR) is 61.2 cm³/mol. The molecule has 1 heterocycles. The summed E-state index contributed by atoms with van der Waals surface area (Å²) in [6, 6.07) is -0.140. The van der Waals surface area contributed by atoms with Gasteiger partial charge in [-0.15, -0.1) is 0 Å². The Balaban J connectivity index is 2.09. The van der Waals surface area contributed by atoms with Gasteiger partial charge in [-0.2, -0.15) is 0 Å². The Kier molecular flexibility index (Phi) is 5.02. The lowest BCUT2D eigenvalue weighted by molar-refractivity contribution is -0.222. The summed E-state index contributed by atoms with van der Waals surface area (Å²) in [4.78, 5) is 11.1. The molecular weight excluding hydrogens is 208 g/mol. The van der Waals surface area contributed by atoms with Gasteiger partial charge in [-0.05, 0) is 6.92 Å². The number of hydrogen-bond donors (Lipinski definition) is 2. The molecule has 2 amide bonds. The van der Waals surface area contributed by atoms with Gasteiger partial charge in [0.25, 0.3) is 0 Å². The van der Waals surface area contributed by atoms with Gasteiger partial charge in [0.1, 0.15) is 0 Å². The molecule has 0 radical (unpaired) electrons. The van der Waals surface area contributed by atoms with Gasteiger partial charge in [0.15, 0.2) is 6.29 Å². The average molecular weight is 230 g/mol. The second-order valence-corrected chi connectivity index (χ2v) is 4.79. The minimum Gasteiger partial charge on any atom is -0.352 e. The Hall–Kier alpha value is -0.810. The van der Waals surface area contributed by atoms with Crippen molar-refractivity contribution in [2.24, 2.45) is 5.41 Å². The molecule has 1 fully saturated rings. The van der Waals surface area contributed by atoms with E-state index in [9.17, 15) is 4.79 Å². The second-order valence-electron chi connectivity index (χ2n) is 4.79. The number of hydrogen-bond acceptors (Lipinski definition) is 3. The summed E-state index contributed by atoms with van der Waals surface area (Å²) in [5.74, 6) is 0. The van der Waals surface area contributed by atoms with E-state index >= 15 is 0 Å². The van der Waals surface area contributed by atoms with E-state index in [1.165, 1.54) is 0 Å². The topological polar surface area (TPSA) is 59.6 Å². The largest absolute Gasteiger partial charge is 0.352 e. The molecule has 1 saturated heterocycles. The summed E-state index contributed by atoms with van der Waals surface area (Å²) < 4.78 is 11.1. The molecule has 16 heavy (non-hydrogen) atoms. The van der Waals surface area contributed by atoms with Crippen molar-refractivity contribution < 1.29 is 14.3 Å². The smallest absolute Gasteiger partial charge is 0.314 e. The molecule has 2 N–H and O–H groups in total. The van der Waals surface area contributed by atoms with Crippen molar-refractivity contribution in [3.05, 3.63) is 0 Å². The molecule has 1 aliphatic heterocycles. The Labute approximate surface area is 96.9 Å². The summed E-state index contributed by atoms with van der Waals surface area (Å²) in [5.41, 5.74) is 0.101. The summed E-state index contributed by atoms with van der Waals surface area (Å²) in [5, 5.41) is 5.41. The zero-order valence-electron chi connectivity index (χ0n) is 10.3. The van der Waals surface area contributed by atoms with Crippen LogP contribution in [0.5, 0.6) is 0 Å². The number of rotatable bonds is 4. The van der Waals surface area contributed by atoms with Gasteiger partial charge < -0.3 is 20.1 Å². The van der Waals surface area contributed by atoms with Crippen molar-refractivity contribution in [2.75, 3.05) is 26.3 Å². The molecule has 94 valence electrons. The summed E-state index contributed by atoms with van der Waals surface area (Å²) in [6.45, 7) is 8.71. The van der Waals surface area contributed by atoms with Gasteiger partial charge >= 0.3 is 6.03 Å². The summed E-state index contributed by atoms with van der Waals surface area (Å²) in [7, 11) is 0. The van der Waals surface area contributed by atoms with Gasteiger partial charge in [0.05, 0.1) is 13.2 Å². The highest BCUT2D eigenvalue weighted by Gasteiger charge is 2.27. The lowest BCUT2D eigenvalue weighted by Crippen LogP contribution is -2.41. The first-order chi connectivity index (χ1) is 7.53.